The van der Waals surface area contributed by atoms with E-state index in [2.05, 4.69) is 40.2 Å². The van der Waals surface area contributed by atoms with Crippen molar-refractivity contribution in [2.45, 2.75) is 6.42 Å². The van der Waals surface area contributed by atoms with Gasteiger partial charge in [-0.05, 0) is 29.8 Å². The number of benzene rings is 3. The van der Waals surface area contributed by atoms with Crippen LogP contribution < -0.4 is 0 Å². The molecule has 0 aliphatic carbocycles. The highest BCUT2D eigenvalue weighted by molar-refractivity contribution is 9.10. The lowest BCUT2D eigenvalue weighted by Gasteiger charge is -2.12. The second kappa shape index (κ2) is 6.95. The second-order valence-electron chi connectivity index (χ2n) is 5.91. The molecular formula is C22H15BrOS. The molecule has 4 aromatic rings. The van der Waals surface area contributed by atoms with Gasteiger partial charge in [0.25, 0.3) is 0 Å². The lowest BCUT2D eigenvalue weighted by molar-refractivity contribution is 0.613. The van der Waals surface area contributed by atoms with Gasteiger partial charge >= 0.3 is 0 Å². The molecule has 0 aliphatic heterocycles. The van der Waals surface area contributed by atoms with Crippen LogP contribution in [0.5, 0.6) is 0 Å². The number of hydrogen-bond donors (Lipinski definition) is 0. The third-order valence-corrected chi connectivity index (χ3v) is 5.16. The highest BCUT2D eigenvalue weighted by Gasteiger charge is 2.14. The summed E-state index contributed by atoms with van der Waals surface area (Å²) in [6.07, 6.45) is 0.733. The molecule has 4 rings (SSSR count). The van der Waals surface area contributed by atoms with Crippen LogP contribution in [-0.4, -0.2) is 0 Å². The van der Waals surface area contributed by atoms with Crippen LogP contribution in [0.25, 0.3) is 22.3 Å². The average molecular weight is 407 g/mol. The van der Waals surface area contributed by atoms with Gasteiger partial charge in [-0.3, -0.25) is 0 Å². The van der Waals surface area contributed by atoms with Gasteiger partial charge in [-0.2, -0.15) is 0 Å². The highest BCUT2D eigenvalue weighted by Crippen LogP contribution is 2.32. The average Bonchev–Trinajstić information content (AvgIpc) is 2.65. The van der Waals surface area contributed by atoms with Crippen LogP contribution in [0.1, 0.15) is 11.1 Å². The molecule has 0 spiro atoms. The first kappa shape index (κ1) is 16.2. The molecule has 0 amide bonds. The van der Waals surface area contributed by atoms with Crippen molar-refractivity contribution in [1.29, 1.82) is 0 Å². The molecule has 1 aromatic heterocycles. The van der Waals surface area contributed by atoms with Gasteiger partial charge in [-0.25, -0.2) is 0 Å². The van der Waals surface area contributed by atoms with Gasteiger partial charge in [-0.1, -0.05) is 82.7 Å². The molecule has 122 valence electrons. The molecule has 1 heterocycles. The van der Waals surface area contributed by atoms with Gasteiger partial charge in [0.05, 0.1) is 4.51 Å². The van der Waals surface area contributed by atoms with Crippen LogP contribution in [0.4, 0.5) is 0 Å². The zero-order valence-corrected chi connectivity index (χ0v) is 15.8. The molecule has 0 fully saturated rings. The summed E-state index contributed by atoms with van der Waals surface area (Å²) in [5, 5.41) is 0.988. The first-order valence-electron chi connectivity index (χ1n) is 8.07. The molecule has 25 heavy (non-hydrogen) atoms. The van der Waals surface area contributed by atoms with E-state index in [0.717, 1.165) is 43.3 Å². The Kier molecular flexibility index (Phi) is 4.51. The quantitative estimate of drug-likeness (QED) is 0.334. The molecule has 0 aliphatic rings. The molecule has 1 nitrogen and oxygen atoms in total. The Balaban J connectivity index is 1.97. The summed E-state index contributed by atoms with van der Waals surface area (Å²) in [6, 6.07) is 26.5. The van der Waals surface area contributed by atoms with Crippen molar-refractivity contribution in [3.05, 3.63) is 99.0 Å². The fourth-order valence-electron chi connectivity index (χ4n) is 3.01. The summed E-state index contributed by atoms with van der Waals surface area (Å²) in [7, 11) is 0. The van der Waals surface area contributed by atoms with Crippen molar-refractivity contribution in [3.8, 4) is 11.3 Å². The predicted molar refractivity (Wildman–Crippen MR) is 109 cm³/mol. The lowest BCUT2D eigenvalue weighted by atomic mass is 9.99. The molecule has 0 N–H and O–H groups in total. The van der Waals surface area contributed by atoms with Crippen LogP contribution in [0, 0.1) is 4.51 Å². The number of rotatable bonds is 3. The van der Waals surface area contributed by atoms with Gasteiger partial charge in [0.15, 0.2) is 0 Å². The Hall–Kier alpha value is -2.23. The van der Waals surface area contributed by atoms with Crippen LogP contribution >= 0.6 is 28.1 Å². The lowest BCUT2D eigenvalue weighted by Crippen LogP contribution is -1.95. The first-order chi connectivity index (χ1) is 12.2. The Morgan fingerprint density at radius 1 is 0.840 bits per heavy atom. The molecule has 0 unspecified atom stereocenters. The van der Waals surface area contributed by atoms with E-state index < -0.39 is 0 Å². The number of para-hydroxylation sites is 1. The largest absolute Gasteiger partial charge is 0.456 e. The van der Waals surface area contributed by atoms with Crippen LogP contribution in [-0.2, 0) is 6.42 Å². The smallest absolute Gasteiger partial charge is 0.139 e. The summed E-state index contributed by atoms with van der Waals surface area (Å²) in [5.41, 5.74) is 4.12. The van der Waals surface area contributed by atoms with Gasteiger partial charge in [0.2, 0.25) is 0 Å². The minimum atomic E-state index is 0.733. The topological polar surface area (TPSA) is 13.1 Å². The molecule has 0 saturated heterocycles. The van der Waals surface area contributed by atoms with Gasteiger partial charge in [0, 0.05) is 27.4 Å². The summed E-state index contributed by atoms with van der Waals surface area (Å²) >= 11 is 9.39. The standard InChI is InChI=1S/C22H15BrOS/c23-17-10-6-7-15(13-17)14-19-21(16-8-2-1-3-9-16)24-20-12-5-4-11-18(20)22(19)25/h1-13H,14H2. The van der Waals surface area contributed by atoms with E-state index in [1.165, 1.54) is 5.56 Å². The summed E-state index contributed by atoms with van der Waals surface area (Å²) < 4.78 is 8.21. The molecule has 0 saturated carbocycles. The summed E-state index contributed by atoms with van der Waals surface area (Å²) in [5.74, 6) is 0.851. The zero-order chi connectivity index (χ0) is 17.2. The Bertz CT molecular complexity index is 1100. The van der Waals surface area contributed by atoms with Gasteiger partial charge in [0.1, 0.15) is 11.3 Å². The second-order valence-corrected chi connectivity index (χ2v) is 7.23. The first-order valence-corrected chi connectivity index (χ1v) is 9.27. The molecular weight excluding hydrogens is 392 g/mol. The minimum absolute atomic E-state index is 0.733. The van der Waals surface area contributed by atoms with Crippen molar-refractivity contribution >= 4 is 39.1 Å². The monoisotopic (exact) mass is 406 g/mol. The summed E-state index contributed by atoms with van der Waals surface area (Å²) in [6.45, 7) is 0. The predicted octanol–water partition coefficient (Wildman–Crippen LogP) is 7.18. The van der Waals surface area contributed by atoms with Crippen molar-refractivity contribution in [2.24, 2.45) is 0 Å². The fraction of sp³-hybridized carbons (Fsp3) is 0.0455. The van der Waals surface area contributed by atoms with E-state index in [4.69, 9.17) is 16.6 Å². The molecule has 3 aromatic carbocycles. The normalized spacial score (nSPS) is 10.9. The van der Waals surface area contributed by atoms with Gasteiger partial charge in [-0.15, -0.1) is 0 Å². The summed E-state index contributed by atoms with van der Waals surface area (Å²) in [4.78, 5) is 0. The van der Waals surface area contributed by atoms with E-state index in [-0.39, 0.29) is 0 Å². The van der Waals surface area contributed by atoms with E-state index in [9.17, 15) is 0 Å². The fourth-order valence-corrected chi connectivity index (χ4v) is 3.79. The van der Waals surface area contributed by atoms with Crippen LogP contribution in [0.2, 0.25) is 0 Å². The maximum atomic E-state index is 6.28. The van der Waals surface area contributed by atoms with Crippen molar-refractivity contribution < 1.29 is 4.42 Å². The Labute approximate surface area is 160 Å². The van der Waals surface area contributed by atoms with E-state index >= 15 is 0 Å². The number of fused-ring (bicyclic) bond motifs is 1. The van der Waals surface area contributed by atoms with Crippen molar-refractivity contribution in [1.82, 2.24) is 0 Å². The van der Waals surface area contributed by atoms with Crippen molar-refractivity contribution in [2.75, 3.05) is 0 Å². The molecule has 3 heteroatoms. The highest BCUT2D eigenvalue weighted by atomic mass is 79.9. The van der Waals surface area contributed by atoms with Crippen LogP contribution in [0.15, 0.2) is 87.8 Å². The van der Waals surface area contributed by atoms with E-state index in [1.807, 2.05) is 54.6 Å². The Morgan fingerprint density at radius 3 is 2.40 bits per heavy atom. The van der Waals surface area contributed by atoms with E-state index in [1.54, 1.807) is 0 Å². The van der Waals surface area contributed by atoms with E-state index in [0.29, 0.717) is 0 Å². The molecule has 0 bridgehead atoms. The van der Waals surface area contributed by atoms with Gasteiger partial charge < -0.3 is 4.42 Å². The minimum Gasteiger partial charge on any atom is -0.456 e. The Morgan fingerprint density at radius 2 is 1.60 bits per heavy atom. The molecule has 0 radical (unpaired) electrons. The molecule has 0 atom stereocenters. The van der Waals surface area contributed by atoms with Crippen LogP contribution in [0.3, 0.4) is 0 Å². The number of hydrogen-bond acceptors (Lipinski definition) is 2. The number of halogens is 1. The van der Waals surface area contributed by atoms with Crippen molar-refractivity contribution in [3.63, 3.8) is 0 Å². The third-order valence-electron chi connectivity index (χ3n) is 4.20. The maximum Gasteiger partial charge on any atom is 0.139 e. The maximum absolute atomic E-state index is 6.28. The SMILES string of the molecule is S=c1c(Cc2cccc(Br)c2)c(-c2ccccc2)oc2ccccc12. The zero-order valence-electron chi connectivity index (χ0n) is 13.4. The third kappa shape index (κ3) is 3.30.